The Hall–Kier alpha value is -2.07. The second-order valence-electron chi connectivity index (χ2n) is 5.68. The largest absolute Gasteiger partial charge is 0.491 e. The molecule has 0 bridgehead atoms. The van der Waals surface area contributed by atoms with Crippen LogP contribution in [0.3, 0.4) is 0 Å². The molecule has 2 aromatic carbocycles. The van der Waals surface area contributed by atoms with E-state index in [1.54, 1.807) is 0 Å². The molecule has 3 rings (SSSR count). The number of rotatable bonds is 4. The fourth-order valence-corrected chi connectivity index (χ4v) is 3.26. The summed E-state index contributed by atoms with van der Waals surface area (Å²) < 4.78 is 8.84. The number of para-hydroxylation sites is 2. The van der Waals surface area contributed by atoms with E-state index in [1.807, 2.05) is 18.2 Å². The molecule has 0 amide bonds. The molecule has 114 valence electrons. The summed E-state index contributed by atoms with van der Waals surface area (Å²) in [5.41, 5.74) is 5.81. The molecule has 1 aromatic heterocycles. The van der Waals surface area contributed by atoms with Crippen molar-refractivity contribution in [2.45, 2.75) is 27.3 Å². The van der Waals surface area contributed by atoms with Gasteiger partial charge in [0.2, 0.25) is 0 Å². The molecule has 0 aliphatic carbocycles. The number of nitrogens with one attached hydrogen (secondary N) is 1. The average molecular weight is 312 g/mol. The monoisotopic (exact) mass is 312 g/mol. The molecule has 0 saturated carbocycles. The molecule has 0 atom stereocenters. The van der Waals surface area contributed by atoms with Gasteiger partial charge in [-0.3, -0.25) is 0 Å². The molecule has 0 aliphatic rings. The van der Waals surface area contributed by atoms with Crippen LogP contribution in [0.2, 0.25) is 0 Å². The fraction of sp³-hybridized carbons (Fsp3) is 0.278. The van der Waals surface area contributed by atoms with Crippen molar-refractivity contribution in [1.82, 2.24) is 9.55 Å². The van der Waals surface area contributed by atoms with Gasteiger partial charge in [-0.25, -0.2) is 0 Å². The first-order chi connectivity index (χ1) is 10.6. The zero-order chi connectivity index (χ0) is 15.7. The minimum Gasteiger partial charge on any atom is -0.491 e. The van der Waals surface area contributed by atoms with Gasteiger partial charge in [-0.2, -0.15) is 0 Å². The highest BCUT2D eigenvalue weighted by Gasteiger charge is 2.07. The van der Waals surface area contributed by atoms with Gasteiger partial charge in [-0.15, -0.1) is 0 Å². The fourth-order valence-electron chi connectivity index (χ4n) is 2.96. The van der Waals surface area contributed by atoms with Crippen molar-refractivity contribution in [3.05, 3.63) is 57.9 Å². The number of nitrogens with zero attached hydrogens (tertiary/aromatic N) is 1. The Morgan fingerprint density at radius 1 is 1.09 bits per heavy atom. The first-order valence-electron chi connectivity index (χ1n) is 7.44. The van der Waals surface area contributed by atoms with Crippen molar-refractivity contribution in [1.29, 1.82) is 0 Å². The number of H-pyrrole nitrogens is 1. The number of aromatic amines is 1. The van der Waals surface area contributed by atoms with Crippen molar-refractivity contribution in [3.8, 4) is 5.75 Å². The Morgan fingerprint density at radius 3 is 2.50 bits per heavy atom. The van der Waals surface area contributed by atoms with Crippen LogP contribution in [0.4, 0.5) is 0 Å². The van der Waals surface area contributed by atoms with Crippen LogP contribution in [0, 0.1) is 25.5 Å². The average Bonchev–Trinajstić information content (AvgIpc) is 2.77. The quantitative estimate of drug-likeness (QED) is 0.708. The molecule has 1 heterocycles. The van der Waals surface area contributed by atoms with Crippen LogP contribution < -0.4 is 4.74 Å². The summed E-state index contributed by atoms with van der Waals surface area (Å²) in [7, 11) is 0. The highest BCUT2D eigenvalue weighted by Crippen LogP contribution is 2.24. The van der Waals surface area contributed by atoms with E-state index >= 15 is 0 Å². The van der Waals surface area contributed by atoms with Crippen molar-refractivity contribution in [3.63, 3.8) is 0 Å². The molecular weight excluding hydrogens is 292 g/mol. The summed E-state index contributed by atoms with van der Waals surface area (Å²) in [6.07, 6.45) is 0. The van der Waals surface area contributed by atoms with E-state index in [0.717, 1.165) is 28.1 Å². The van der Waals surface area contributed by atoms with E-state index in [4.69, 9.17) is 17.0 Å². The maximum absolute atomic E-state index is 6.02. The Balaban J connectivity index is 1.78. The van der Waals surface area contributed by atoms with Gasteiger partial charge in [0, 0.05) is 0 Å². The first kappa shape index (κ1) is 14.9. The lowest BCUT2D eigenvalue weighted by atomic mass is 10.1. The second-order valence-corrected chi connectivity index (χ2v) is 6.06. The molecular formula is C18H20N2OS. The standard InChI is InChI=1S/C18H20N2OS/c1-12-10-13(2)17(14(3)11-12)21-9-8-20-16-7-5-4-6-15(16)19-18(20)22/h4-7,10-11H,8-9H2,1-3H3,(H,19,22). The summed E-state index contributed by atoms with van der Waals surface area (Å²) in [4.78, 5) is 3.23. The third kappa shape index (κ3) is 2.79. The molecule has 0 radical (unpaired) electrons. The number of aryl methyl sites for hydroxylation is 3. The van der Waals surface area contributed by atoms with E-state index in [1.165, 1.54) is 16.7 Å². The van der Waals surface area contributed by atoms with Gasteiger partial charge >= 0.3 is 0 Å². The summed E-state index contributed by atoms with van der Waals surface area (Å²) in [5.74, 6) is 0.983. The molecule has 22 heavy (non-hydrogen) atoms. The SMILES string of the molecule is Cc1cc(C)c(OCCn2c(=S)[nH]c3ccccc32)c(C)c1. The van der Waals surface area contributed by atoms with Gasteiger partial charge in [0.15, 0.2) is 4.77 Å². The summed E-state index contributed by atoms with van der Waals surface area (Å²) in [5, 5.41) is 0. The Bertz CT molecular complexity index is 853. The van der Waals surface area contributed by atoms with Crippen LogP contribution in [0.5, 0.6) is 5.75 Å². The molecule has 0 saturated heterocycles. The van der Waals surface area contributed by atoms with Gasteiger partial charge < -0.3 is 14.3 Å². The first-order valence-corrected chi connectivity index (χ1v) is 7.85. The number of imidazole rings is 1. The molecule has 0 unspecified atom stereocenters. The smallest absolute Gasteiger partial charge is 0.178 e. The maximum Gasteiger partial charge on any atom is 0.178 e. The lowest BCUT2D eigenvalue weighted by Gasteiger charge is -2.13. The number of hydrogen-bond donors (Lipinski definition) is 1. The second kappa shape index (κ2) is 5.97. The summed E-state index contributed by atoms with van der Waals surface area (Å²) >= 11 is 5.40. The van der Waals surface area contributed by atoms with Crippen molar-refractivity contribution in [2.24, 2.45) is 0 Å². The van der Waals surface area contributed by atoms with Crippen molar-refractivity contribution < 1.29 is 4.74 Å². The topological polar surface area (TPSA) is 29.9 Å². The molecule has 0 fully saturated rings. The third-order valence-electron chi connectivity index (χ3n) is 3.85. The third-order valence-corrected chi connectivity index (χ3v) is 4.17. The number of aromatic nitrogens is 2. The van der Waals surface area contributed by atoms with Gasteiger partial charge in [0.05, 0.1) is 17.6 Å². The predicted molar refractivity (Wildman–Crippen MR) is 93.3 cm³/mol. The van der Waals surface area contributed by atoms with E-state index < -0.39 is 0 Å². The summed E-state index contributed by atoms with van der Waals surface area (Å²) in [6.45, 7) is 7.62. The van der Waals surface area contributed by atoms with Crippen LogP contribution >= 0.6 is 12.2 Å². The Morgan fingerprint density at radius 2 is 1.77 bits per heavy atom. The highest BCUT2D eigenvalue weighted by molar-refractivity contribution is 7.71. The highest BCUT2D eigenvalue weighted by atomic mass is 32.1. The van der Waals surface area contributed by atoms with Crippen LogP contribution in [0.25, 0.3) is 11.0 Å². The minimum atomic E-state index is 0.598. The van der Waals surface area contributed by atoms with E-state index in [-0.39, 0.29) is 0 Å². The van der Waals surface area contributed by atoms with Gasteiger partial charge in [-0.1, -0.05) is 29.8 Å². The van der Waals surface area contributed by atoms with Crippen molar-refractivity contribution in [2.75, 3.05) is 6.61 Å². The molecule has 0 spiro atoms. The van der Waals surface area contributed by atoms with Crippen LogP contribution in [0.15, 0.2) is 36.4 Å². The maximum atomic E-state index is 6.02. The number of benzene rings is 2. The number of hydrogen-bond acceptors (Lipinski definition) is 2. The zero-order valence-electron chi connectivity index (χ0n) is 13.1. The molecule has 4 heteroatoms. The molecule has 0 aliphatic heterocycles. The normalized spacial score (nSPS) is 11.0. The van der Waals surface area contributed by atoms with Crippen LogP contribution in [-0.4, -0.2) is 16.2 Å². The Kier molecular flexibility index (Phi) is 4.03. The van der Waals surface area contributed by atoms with E-state index in [9.17, 15) is 0 Å². The van der Waals surface area contributed by atoms with Gasteiger partial charge in [-0.05, 0) is 56.2 Å². The lowest BCUT2D eigenvalue weighted by molar-refractivity contribution is 0.295. The molecule has 3 nitrogen and oxygen atoms in total. The Labute approximate surface area is 135 Å². The molecule has 3 aromatic rings. The van der Waals surface area contributed by atoms with Crippen molar-refractivity contribution >= 4 is 23.3 Å². The summed E-state index contributed by atoms with van der Waals surface area (Å²) in [6, 6.07) is 12.4. The zero-order valence-corrected chi connectivity index (χ0v) is 14.0. The van der Waals surface area contributed by atoms with Gasteiger partial charge in [0.25, 0.3) is 0 Å². The van der Waals surface area contributed by atoms with Crippen LogP contribution in [0.1, 0.15) is 16.7 Å². The predicted octanol–water partition coefficient (Wildman–Crippen LogP) is 4.70. The number of ether oxygens (including phenoxy) is 1. The minimum absolute atomic E-state index is 0.598. The van der Waals surface area contributed by atoms with Crippen LogP contribution in [-0.2, 0) is 6.54 Å². The number of fused-ring (bicyclic) bond motifs is 1. The van der Waals surface area contributed by atoms with Gasteiger partial charge in [0.1, 0.15) is 12.4 Å². The molecule has 1 N–H and O–H groups in total. The van der Waals surface area contributed by atoms with E-state index in [2.05, 4.69) is 48.5 Å². The van der Waals surface area contributed by atoms with E-state index in [0.29, 0.717) is 6.61 Å². The lowest BCUT2D eigenvalue weighted by Crippen LogP contribution is -2.09.